The molecule has 0 unspecified atom stereocenters. The second kappa shape index (κ2) is 5.70. The van der Waals surface area contributed by atoms with E-state index in [1.165, 1.54) is 25.3 Å². The van der Waals surface area contributed by atoms with Gasteiger partial charge in [-0.3, -0.25) is 4.79 Å². The molecule has 1 rings (SSSR count). The van der Waals surface area contributed by atoms with Gasteiger partial charge in [0.1, 0.15) is 5.75 Å². The fourth-order valence-corrected chi connectivity index (χ4v) is 1.05. The van der Waals surface area contributed by atoms with Crippen molar-refractivity contribution in [3.8, 4) is 5.75 Å². The van der Waals surface area contributed by atoms with Gasteiger partial charge < -0.3 is 9.47 Å². The lowest BCUT2D eigenvalue weighted by Crippen LogP contribution is -2.11. The Balaban J connectivity index is 2.65. The predicted molar refractivity (Wildman–Crippen MR) is 58.2 cm³/mol. The number of hydrogen-bond donors (Lipinski definition) is 0. The maximum absolute atomic E-state index is 11.4. The monoisotopic (exact) mass is 220 g/mol. The second-order valence-electron chi connectivity index (χ2n) is 2.98. The van der Waals surface area contributed by atoms with Crippen LogP contribution < -0.4 is 4.74 Å². The first-order valence-corrected chi connectivity index (χ1v) is 4.67. The van der Waals surface area contributed by atoms with E-state index in [2.05, 4.69) is 11.3 Å². The third kappa shape index (κ3) is 3.24. The van der Waals surface area contributed by atoms with Gasteiger partial charge in [0.05, 0.1) is 19.1 Å². The molecule has 4 heteroatoms. The van der Waals surface area contributed by atoms with Gasteiger partial charge in [-0.2, -0.15) is 0 Å². The molecule has 0 aliphatic heterocycles. The van der Waals surface area contributed by atoms with Gasteiger partial charge >= 0.3 is 11.9 Å². The van der Waals surface area contributed by atoms with E-state index in [0.29, 0.717) is 11.3 Å². The van der Waals surface area contributed by atoms with E-state index in [-0.39, 0.29) is 6.42 Å². The molecular formula is C12H12O4. The molecule has 0 aliphatic rings. The molecule has 0 heterocycles. The van der Waals surface area contributed by atoms with Crippen LogP contribution in [0, 0.1) is 0 Å². The van der Waals surface area contributed by atoms with Crippen LogP contribution >= 0.6 is 0 Å². The van der Waals surface area contributed by atoms with Gasteiger partial charge in [-0.1, -0.05) is 6.08 Å². The molecule has 0 N–H and O–H groups in total. The molecule has 0 bridgehead atoms. The fourth-order valence-electron chi connectivity index (χ4n) is 1.05. The van der Waals surface area contributed by atoms with Crippen molar-refractivity contribution < 1.29 is 19.1 Å². The quantitative estimate of drug-likeness (QED) is 0.442. The van der Waals surface area contributed by atoms with Crippen LogP contribution in [-0.2, 0) is 9.53 Å². The summed E-state index contributed by atoms with van der Waals surface area (Å²) in [6.45, 7) is 3.37. The van der Waals surface area contributed by atoms with E-state index in [1.54, 1.807) is 12.1 Å². The van der Waals surface area contributed by atoms with E-state index in [4.69, 9.17) is 4.74 Å². The maximum Gasteiger partial charge on any atom is 0.345 e. The highest BCUT2D eigenvalue weighted by atomic mass is 16.6. The lowest BCUT2D eigenvalue weighted by atomic mass is 10.2. The molecule has 1 aromatic carbocycles. The Kier molecular flexibility index (Phi) is 4.27. The van der Waals surface area contributed by atoms with Crippen LogP contribution in [0.15, 0.2) is 36.9 Å². The first-order valence-electron chi connectivity index (χ1n) is 4.67. The van der Waals surface area contributed by atoms with E-state index >= 15 is 0 Å². The smallest absolute Gasteiger partial charge is 0.345 e. The van der Waals surface area contributed by atoms with E-state index in [1.807, 2.05) is 0 Å². The average Bonchev–Trinajstić information content (AvgIpc) is 2.29. The van der Waals surface area contributed by atoms with Crippen molar-refractivity contribution in [2.45, 2.75) is 6.42 Å². The van der Waals surface area contributed by atoms with Gasteiger partial charge in [0, 0.05) is 0 Å². The minimum atomic E-state index is -0.672. The van der Waals surface area contributed by atoms with Crippen molar-refractivity contribution in [1.29, 1.82) is 0 Å². The number of methoxy groups -OCH3 is 1. The molecule has 0 spiro atoms. The molecular weight excluding hydrogens is 208 g/mol. The molecule has 0 saturated heterocycles. The number of carbonyl (C=O) groups excluding carboxylic acids is 2. The van der Waals surface area contributed by atoms with Crippen LogP contribution in [0.3, 0.4) is 0 Å². The zero-order valence-corrected chi connectivity index (χ0v) is 8.93. The Morgan fingerprint density at radius 2 is 1.94 bits per heavy atom. The lowest BCUT2D eigenvalue weighted by Gasteiger charge is -2.02. The minimum absolute atomic E-state index is 0.0158. The first kappa shape index (κ1) is 12.0. The predicted octanol–water partition coefficient (Wildman–Crippen LogP) is 1.95. The summed E-state index contributed by atoms with van der Waals surface area (Å²) in [5.41, 5.74) is 0.304. The highest BCUT2D eigenvalue weighted by molar-refractivity contribution is 5.97. The molecule has 0 saturated carbocycles. The molecule has 0 fully saturated rings. The fraction of sp³-hybridized carbons (Fsp3) is 0.167. The molecule has 16 heavy (non-hydrogen) atoms. The molecule has 0 aliphatic carbocycles. The van der Waals surface area contributed by atoms with Gasteiger partial charge in [0.15, 0.2) is 0 Å². The molecule has 0 amide bonds. The molecule has 84 valence electrons. The highest BCUT2D eigenvalue weighted by Crippen LogP contribution is 2.12. The number of carbonyl (C=O) groups is 2. The van der Waals surface area contributed by atoms with E-state index < -0.39 is 11.9 Å². The van der Waals surface area contributed by atoms with E-state index in [9.17, 15) is 9.59 Å². The van der Waals surface area contributed by atoms with Crippen molar-refractivity contribution in [2.24, 2.45) is 0 Å². The average molecular weight is 220 g/mol. The molecule has 4 nitrogen and oxygen atoms in total. The summed E-state index contributed by atoms with van der Waals surface area (Å²) >= 11 is 0. The zero-order valence-electron chi connectivity index (χ0n) is 8.93. The molecule has 0 aromatic heterocycles. The normalized spacial score (nSPS) is 9.31. The van der Waals surface area contributed by atoms with Crippen molar-refractivity contribution in [3.63, 3.8) is 0 Å². The van der Waals surface area contributed by atoms with Gasteiger partial charge in [-0.25, -0.2) is 4.79 Å². The van der Waals surface area contributed by atoms with Crippen molar-refractivity contribution in [3.05, 3.63) is 42.5 Å². The standard InChI is InChI=1S/C12H12O4/c1-3-4-11(13)16-12(14)9-5-7-10(15-2)8-6-9/h3,5-8H,1,4H2,2H3. The Morgan fingerprint density at radius 3 is 2.44 bits per heavy atom. The van der Waals surface area contributed by atoms with Crippen LogP contribution in [0.5, 0.6) is 5.75 Å². The van der Waals surface area contributed by atoms with Crippen molar-refractivity contribution in [2.75, 3.05) is 7.11 Å². The number of esters is 2. The van der Waals surface area contributed by atoms with Gasteiger partial charge in [-0.15, -0.1) is 6.58 Å². The maximum atomic E-state index is 11.4. The van der Waals surface area contributed by atoms with Crippen LogP contribution in [0.4, 0.5) is 0 Å². The molecule has 0 radical (unpaired) electrons. The Labute approximate surface area is 93.5 Å². The summed E-state index contributed by atoms with van der Waals surface area (Å²) in [5, 5.41) is 0. The Morgan fingerprint density at radius 1 is 1.31 bits per heavy atom. The Bertz CT molecular complexity index is 392. The van der Waals surface area contributed by atoms with Crippen molar-refractivity contribution >= 4 is 11.9 Å². The third-order valence-electron chi connectivity index (χ3n) is 1.84. The largest absolute Gasteiger partial charge is 0.497 e. The molecule has 0 atom stereocenters. The van der Waals surface area contributed by atoms with Gasteiger partial charge in [0.25, 0.3) is 0 Å². The van der Waals surface area contributed by atoms with E-state index in [0.717, 1.165) is 0 Å². The number of hydrogen-bond acceptors (Lipinski definition) is 4. The number of rotatable bonds is 4. The van der Waals surface area contributed by atoms with Crippen LogP contribution in [-0.4, -0.2) is 19.0 Å². The summed E-state index contributed by atoms with van der Waals surface area (Å²) in [4.78, 5) is 22.4. The lowest BCUT2D eigenvalue weighted by molar-refractivity contribution is -0.136. The summed E-state index contributed by atoms with van der Waals surface area (Å²) in [6.07, 6.45) is 1.39. The van der Waals surface area contributed by atoms with Crippen molar-refractivity contribution in [1.82, 2.24) is 0 Å². The Hall–Kier alpha value is -2.10. The topological polar surface area (TPSA) is 52.6 Å². The number of benzene rings is 1. The SMILES string of the molecule is C=CCC(=O)OC(=O)c1ccc(OC)cc1. The second-order valence-corrected chi connectivity index (χ2v) is 2.98. The zero-order chi connectivity index (χ0) is 12.0. The number of ether oxygens (including phenoxy) is 2. The molecule has 1 aromatic rings. The first-order chi connectivity index (χ1) is 7.67. The van der Waals surface area contributed by atoms with Crippen LogP contribution in [0.1, 0.15) is 16.8 Å². The summed E-state index contributed by atoms with van der Waals surface area (Å²) in [6, 6.07) is 6.30. The summed E-state index contributed by atoms with van der Waals surface area (Å²) < 4.78 is 9.50. The summed E-state index contributed by atoms with van der Waals surface area (Å²) in [7, 11) is 1.53. The highest BCUT2D eigenvalue weighted by Gasteiger charge is 2.11. The van der Waals surface area contributed by atoms with Crippen LogP contribution in [0.2, 0.25) is 0 Å². The minimum Gasteiger partial charge on any atom is -0.497 e. The van der Waals surface area contributed by atoms with Gasteiger partial charge in [-0.05, 0) is 24.3 Å². The summed E-state index contributed by atoms with van der Waals surface area (Å²) in [5.74, 6) is -0.653. The van der Waals surface area contributed by atoms with Crippen LogP contribution in [0.25, 0.3) is 0 Å². The third-order valence-corrected chi connectivity index (χ3v) is 1.84. The van der Waals surface area contributed by atoms with Gasteiger partial charge in [0.2, 0.25) is 0 Å².